The Kier molecular flexibility index (Phi) is 5.78. The molecule has 164 valence electrons. The van der Waals surface area contributed by atoms with E-state index in [1.54, 1.807) is 26.8 Å². The largest absolute Gasteiger partial charge is 0.381 e. The highest BCUT2D eigenvalue weighted by atomic mass is 19.3. The van der Waals surface area contributed by atoms with Crippen molar-refractivity contribution in [3.8, 4) is 6.07 Å². The molecule has 2 heterocycles. The van der Waals surface area contributed by atoms with Crippen molar-refractivity contribution in [3.63, 3.8) is 0 Å². The molecule has 2 N–H and O–H groups in total. The summed E-state index contributed by atoms with van der Waals surface area (Å²) >= 11 is 0. The maximum absolute atomic E-state index is 15.0. The van der Waals surface area contributed by atoms with Crippen molar-refractivity contribution >= 4 is 17.5 Å². The minimum atomic E-state index is -4.00. The Morgan fingerprint density at radius 2 is 2.00 bits per heavy atom. The smallest absolute Gasteiger partial charge is 0.373 e. The van der Waals surface area contributed by atoms with Crippen molar-refractivity contribution in [2.75, 3.05) is 11.9 Å². The van der Waals surface area contributed by atoms with E-state index in [1.807, 2.05) is 0 Å². The van der Waals surface area contributed by atoms with Crippen molar-refractivity contribution in [2.24, 2.45) is 0 Å². The number of nitriles is 1. The van der Waals surface area contributed by atoms with Crippen LogP contribution in [-0.2, 0) is 28.6 Å². The van der Waals surface area contributed by atoms with Gasteiger partial charge in [0, 0.05) is 17.8 Å². The van der Waals surface area contributed by atoms with Crippen molar-refractivity contribution in [1.29, 1.82) is 5.26 Å². The third-order valence-corrected chi connectivity index (χ3v) is 4.38. The number of fused-ring (bicyclic) bond motifs is 1. The van der Waals surface area contributed by atoms with E-state index in [2.05, 4.69) is 15.6 Å². The van der Waals surface area contributed by atoms with Crippen LogP contribution < -0.4 is 10.6 Å². The maximum atomic E-state index is 15.0. The van der Waals surface area contributed by atoms with E-state index in [1.165, 1.54) is 6.07 Å². The van der Waals surface area contributed by atoms with Gasteiger partial charge in [-0.15, -0.1) is 0 Å². The lowest BCUT2D eigenvalue weighted by Crippen LogP contribution is -2.48. The number of amides is 2. The summed E-state index contributed by atoms with van der Waals surface area (Å²) in [5.74, 6) is -8.03. The van der Waals surface area contributed by atoms with Gasteiger partial charge in [0.15, 0.2) is 11.5 Å². The molecule has 0 fully saturated rings. The Morgan fingerprint density at radius 1 is 1.29 bits per heavy atom. The molecule has 11 heteroatoms. The third kappa shape index (κ3) is 4.54. The molecule has 2 aromatic rings. The first-order valence-electron chi connectivity index (χ1n) is 9.33. The Hall–Kier alpha value is -3.39. The quantitative estimate of drug-likeness (QED) is 0.768. The topological polar surface area (TPSA) is 109 Å². The number of carbonyl (C=O) groups excluding carboxylic acids is 2. The summed E-state index contributed by atoms with van der Waals surface area (Å²) in [6.07, 6.45) is 0. The summed E-state index contributed by atoms with van der Waals surface area (Å²) in [4.78, 5) is 28.8. The second-order valence-corrected chi connectivity index (χ2v) is 7.97. The van der Waals surface area contributed by atoms with E-state index >= 15 is 0 Å². The van der Waals surface area contributed by atoms with Crippen LogP contribution in [0.1, 0.15) is 48.3 Å². The van der Waals surface area contributed by atoms with E-state index < -0.39 is 34.9 Å². The summed E-state index contributed by atoms with van der Waals surface area (Å²) in [7, 11) is 0. The molecule has 3 rings (SSSR count). The normalized spacial score (nSPS) is 13.8. The molecule has 1 aliphatic heterocycles. The molecule has 0 atom stereocenters. The number of anilines is 1. The summed E-state index contributed by atoms with van der Waals surface area (Å²) in [6.45, 7) is 4.63. The second kappa shape index (κ2) is 8.03. The Bertz CT molecular complexity index is 1080. The third-order valence-electron chi connectivity index (χ3n) is 4.38. The van der Waals surface area contributed by atoms with Gasteiger partial charge in [0.1, 0.15) is 11.9 Å². The fourth-order valence-electron chi connectivity index (χ4n) is 3.02. The fraction of sp³-hybridized carbons (Fsp3) is 0.400. The molecular formula is C20H20F3N5O3. The second-order valence-electron chi connectivity index (χ2n) is 7.97. The number of aromatic nitrogens is 2. The summed E-state index contributed by atoms with van der Waals surface area (Å²) in [5, 5.41) is 13.6. The standard InChI is InChI=1S/C20H20F3N5O3/c1-19(2,3)27-18(30)20(22,23)17-26-15(14-10-31-7-6-28(14)17)16(29)25-12-4-5-13(21)11(8-12)9-24/h4-5,8H,6-7,10H2,1-3H3,(H,25,29)(H,27,30). The zero-order valence-electron chi connectivity index (χ0n) is 17.1. The molecule has 0 aliphatic carbocycles. The van der Waals surface area contributed by atoms with Gasteiger partial charge < -0.3 is 19.9 Å². The van der Waals surface area contributed by atoms with Crippen LogP contribution in [0.4, 0.5) is 18.9 Å². The average Bonchev–Trinajstić information content (AvgIpc) is 3.08. The molecular weight excluding hydrogens is 415 g/mol. The molecule has 31 heavy (non-hydrogen) atoms. The van der Waals surface area contributed by atoms with Crippen molar-refractivity contribution < 1.29 is 27.5 Å². The van der Waals surface area contributed by atoms with Gasteiger partial charge in [0.05, 0.1) is 24.5 Å². The van der Waals surface area contributed by atoms with Gasteiger partial charge in [-0.3, -0.25) is 9.59 Å². The lowest BCUT2D eigenvalue weighted by molar-refractivity contribution is -0.150. The average molecular weight is 435 g/mol. The van der Waals surface area contributed by atoms with Crippen LogP contribution in [0.2, 0.25) is 0 Å². The van der Waals surface area contributed by atoms with Crippen LogP contribution in [0.15, 0.2) is 18.2 Å². The lowest BCUT2D eigenvalue weighted by Gasteiger charge is -2.25. The molecule has 1 aliphatic rings. The predicted octanol–water partition coefficient (Wildman–Crippen LogP) is 2.68. The number of imidazole rings is 1. The van der Waals surface area contributed by atoms with Crippen LogP contribution in [0, 0.1) is 17.1 Å². The fourth-order valence-corrected chi connectivity index (χ4v) is 3.02. The number of nitrogens with zero attached hydrogens (tertiary/aromatic N) is 3. The molecule has 1 aromatic heterocycles. The van der Waals surface area contributed by atoms with E-state index in [4.69, 9.17) is 10.00 Å². The molecule has 8 nitrogen and oxygen atoms in total. The Morgan fingerprint density at radius 3 is 2.65 bits per heavy atom. The van der Waals surface area contributed by atoms with E-state index in [-0.39, 0.29) is 42.4 Å². The zero-order valence-corrected chi connectivity index (χ0v) is 17.1. The van der Waals surface area contributed by atoms with E-state index in [0.717, 1.165) is 16.7 Å². The van der Waals surface area contributed by atoms with Crippen molar-refractivity contribution in [3.05, 3.63) is 46.8 Å². The molecule has 0 unspecified atom stereocenters. The van der Waals surface area contributed by atoms with Gasteiger partial charge in [-0.1, -0.05) is 0 Å². The predicted molar refractivity (Wildman–Crippen MR) is 103 cm³/mol. The van der Waals surface area contributed by atoms with Crippen LogP contribution in [0.25, 0.3) is 0 Å². The minimum Gasteiger partial charge on any atom is -0.373 e. The number of nitrogens with one attached hydrogen (secondary N) is 2. The van der Waals surface area contributed by atoms with Gasteiger partial charge in [-0.2, -0.15) is 14.0 Å². The SMILES string of the molecule is CC(C)(C)NC(=O)C(F)(F)c1nc(C(=O)Nc2ccc(F)c(C#N)c2)c2n1CCOC2. The Balaban J connectivity index is 1.97. The molecule has 0 saturated heterocycles. The maximum Gasteiger partial charge on any atom is 0.381 e. The van der Waals surface area contributed by atoms with Gasteiger partial charge in [-0.05, 0) is 39.0 Å². The first kappa shape index (κ1) is 22.3. The van der Waals surface area contributed by atoms with Gasteiger partial charge >= 0.3 is 5.92 Å². The Labute approximate surface area is 176 Å². The molecule has 0 saturated carbocycles. The van der Waals surface area contributed by atoms with E-state index in [9.17, 15) is 22.8 Å². The lowest BCUT2D eigenvalue weighted by atomic mass is 10.1. The van der Waals surface area contributed by atoms with Crippen LogP contribution in [0.5, 0.6) is 0 Å². The molecule has 1 aromatic carbocycles. The highest BCUT2D eigenvalue weighted by Gasteiger charge is 2.48. The summed E-state index contributed by atoms with van der Waals surface area (Å²) < 4.78 is 49.8. The number of hydrogen-bond donors (Lipinski definition) is 2. The number of alkyl halides is 2. The number of halogens is 3. The number of rotatable bonds is 4. The molecule has 0 spiro atoms. The number of ether oxygens (including phenoxy) is 1. The first-order chi connectivity index (χ1) is 14.4. The van der Waals surface area contributed by atoms with Crippen molar-refractivity contribution in [2.45, 2.75) is 45.4 Å². The highest BCUT2D eigenvalue weighted by Crippen LogP contribution is 2.32. The first-order valence-corrected chi connectivity index (χ1v) is 9.33. The van der Waals surface area contributed by atoms with Crippen LogP contribution in [-0.4, -0.2) is 33.5 Å². The summed E-state index contributed by atoms with van der Waals surface area (Å²) in [5.41, 5.74) is -1.37. The zero-order chi connectivity index (χ0) is 23.0. The van der Waals surface area contributed by atoms with Crippen molar-refractivity contribution in [1.82, 2.24) is 14.9 Å². The monoisotopic (exact) mass is 435 g/mol. The van der Waals surface area contributed by atoms with Gasteiger partial charge in [-0.25, -0.2) is 9.37 Å². The van der Waals surface area contributed by atoms with E-state index in [0.29, 0.717) is 0 Å². The summed E-state index contributed by atoms with van der Waals surface area (Å²) in [6, 6.07) is 4.97. The van der Waals surface area contributed by atoms with Crippen LogP contribution in [0.3, 0.4) is 0 Å². The molecule has 2 amide bonds. The minimum absolute atomic E-state index is 0.0154. The van der Waals surface area contributed by atoms with Crippen LogP contribution >= 0.6 is 0 Å². The highest BCUT2D eigenvalue weighted by molar-refractivity contribution is 6.04. The van der Waals surface area contributed by atoms with Gasteiger partial charge in [0.25, 0.3) is 11.8 Å². The molecule has 0 bridgehead atoms. The number of benzene rings is 1. The number of hydrogen-bond acceptors (Lipinski definition) is 5. The van der Waals surface area contributed by atoms with Gasteiger partial charge in [0.2, 0.25) is 0 Å². The number of carbonyl (C=O) groups is 2. The molecule has 0 radical (unpaired) electrons.